The second-order valence-corrected chi connectivity index (χ2v) is 8.99. The molecule has 26 heavy (non-hydrogen) atoms. The first-order chi connectivity index (χ1) is 12.7. The van der Waals surface area contributed by atoms with E-state index in [1.165, 1.54) is 49.7 Å². The first kappa shape index (κ1) is 16.1. The lowest BCUT2D eigenvalue weighted by Crippen LogP contribution is -2.60. The highest BCUT2D eigenvalue weighted by atomic mass is 16.1. The number of hydrogen-bond acceptors (Lipinski definition) is 1. The third-order valence-corrected chi connectivity index (χ3v) is 6.87. The van der Waals surface area contributed by atoms with Crippen LogP contribution in [-0.2, 0) is 11.2 Å². The summed E-state index contributed by atoms with van der Waals surface area (Å²) < 4.78 is 0. The maximum absolute atomic E-state index is 12.7. The van der Waals surface area contributed by atoms with Crippen LogP contribution in [0.1, 0.15) is 44.1 Å². The minimum atomic E-state index is 0.121. The Kier molecular flexibility index (Phi) is 3.88. The summed E-state index contributed by atoms with van der Waals surface area (Å²) in [6.07, 6.45) is 8.39. The molecule has 0 unspecified atom stereocenters. The van der Waals surface area contributed by atoms with Crippen LogP contribution in [-0.4, -0.2) is 11.4 Å². The summed E-state index contributed by atoms with van der Waals surface area (Å²) in [7, 11) is 0. The quantitative estimate of drug-likeness (QED) is 0.832. The Bertz CT molecular complexity index is 757. The molecule has 1 amide bonds. The number of carbonyl (C=O) groups is 1. The summed E-state index contributed by atoms with van der Waals surface area (Å²) in [6.45, 7) is 0. The van der Waals surface area contributed by atoms with Crippen LogP contribution in [0.2, 0.25) is 0 Å². The zero-order valence-electron chi connectivity index (χ0n) is 15.3. The fourth-order valence-electron chi connectivity index (χ4n) is 6.23. The average Bonchev–Trinajstić information content (AvgIpc) is 2.61. The van der Waals surface area contributed by atoms with E-state index in [-0.39, 0.29) is 11.4 Å². The predicted octanol–water partition coefficient (Wildman–Crippen LogP) is 4.98. The van der Waals surface area contributed by atoms with Gasteiger partial charge in [-0.15, -0.1) is 0 Å². The second-order valence-electron chi connectivity index (χ2n) is 8.99. The molecule has 4 saturated carbocycles. The highest BCUT2D eigenvalue weighted by Gasteiger charge is 2.51. The van der Waals surface area contributed by atoms with Crippen molar-refractivity contribution in [3.05, 3.63) is 60.2 Å². The van der Waals surface area contributed by atoms with Crippen molar-refractivity contribution in [2.75, 3.05) is 0 Å². The minimum Gasteiger partial charge on any atom is -0.350 e. The van der Waals surface area contributed by atoms with E-state index in [1.807, 2.05) is 6.07 Å². The molecule has 0 aromatic heterocycles. The van der Waals surface area contributed by atoms with E-state index in [2.05, 4.69) is 53.8 Å². The monoisotopic (exact) mass is 345 g/mol. The van der Waals surface area contributed by atoms with Gasteiger partial charge in [0, 0.05) is 5.54 Å². The molecule has 4 fully saturated rings. The third-order valence-electron chi connectivity index (χ3n) is 6.87. The molecule has 0 saturated heterocycles. The second kappa shape index (κ2) is 6.26. The summed E-state index contributed by atoms with van der Waals surface area (Å²) in [4.78, 5) is 12.7. The molecule has 4 bridgehead atoms. The molecule has 0 spiro atoms. The van der Waals surface area contributed by atoms with Crippen molar-refractivity contribution in [1.29, 1.82) is 0 Å². The van der Waals surface area contributed by atoms with Gasteiger partial charge in [0.15, 0.2) is 0 Å². The third kappa shape index (κ3) is 3.06. The van der Waals surface area contributed by atoms with Gasteiger partial charge in [0.05, 0.1) is 6.42 Å². The molecule has 2 heteroatoms. The molecule has 0 aliphatic heterocycles. The highest BCUT2D eigenvalue weighted by molar-refractivity contribution is 5.79. The Morgan fingerprint density at radius 2 is 1.35 bits per heavy atom. The van der Waals surface area contributed by atoms with Gasteiger partial charge in [0.25, 0.3) is 0 Å². The molecule has 2 aromatic carbocycles. The Hall–Kier alpha value is -2.09. The van der Waals surface area contributed by atoms with E-state index in [0.29, 0.717) is 6.42 Å². The van der Waals surface area contributed by atoms with Crippen LogP contribution < -0.4 is 5.32 Å². The van der Waals surface area contributed by atoms with Gasteiger partial charge in [-0.05, 0) is 73.0 Å². The molecular weight excluding hydrogens is 318 g/mol. The predicted molar refractivity (Wildman–Crippen MR) is 105 cm³/mol. The van der Waals surface area contributed by atoms with E-state index in [1.54, 1.807) is 0 Å². The number of nitrogens with one attached hydrogen (secondary N) is 1. The van der Waals surface area contributed by atoms with Crippen LogP contribution in [0, 0.1) is 17.8 Å². The van der Waals surface area contributed by atoms with Gasteiger partial charge in [-0.2, -0.15) is 0 Å². The minimum absolute atomic E-state index is 0.121. The standard InChI is InChI=1S/C24H27NO/c26-23(25-24-14-18-10-19(15-24)12-20(11-18)16-24)13-17-6-8-22(9-7-17)21-4-2-1-3-5-21/h1-9,18-20H,10-16H2,(H,25,26). The Balaban J connectivity index is 1.25. The normalized spacial score (nSPS) is 31.8. The molecule has 4 aliphatic carbocycles. The number of carbonyl (C=O) groups excluding carboxylic acids is 1. The molecule has 0 heterocycles. The molecule has 134 valence electrons. The summed E-state index contributed by atoms with van der Waals surface area (Å²) in [6, 6.07) is 18.8. The van der Waals surface area contributed by atoms with E-state index >= 15 is 0 Å². The van der Waals surface area contributed by atoms with Crippen molar-refractivity contribution in [1.82, 2.24) is 5.32 Å². The van der Waals surface area contributed by atoms with Crippen molar-refractivity contribution in [3.63, 3.8) is 0 Å². The van der Waals surface area contributed by atoms with Crippen LogP contribution in [0.15, 0.2) is 54.6 Å². The fraction of sp³-hybridized carbons (Fsp3) is 0.458. The Morgan fingerprint density at radius 3 is 1.92 bits per heavy atom. The molecule has 4 aliphatic rings. The fourth-order valence-corrected chi connectivity index (χ4v) is 6.23. The van der Waals surface area contributed by atoms with Gasteiger partial charge in [-0.25, -0.2) is 0 Å². The van der Waals surface area contributed by atoms with Crippen LogP contribution >= 0.6 is 0 Å². The summed E-state index contributed by atoms with van der Waals surface area (Å²) >= 11 is 0. The first-order valence-corrected chi connectivity index (χ1v) is 10.1. The van der Waals surface area contributed by atoms with Crippen LogP contribution in [0.3, 0.4) is 0 Å². The van der Waals surface area contributed by atoms with E-state index in [0.717, 1.165) is 23.3 Å². The van der Waals surface area contributed by atoms with Crippen molar-refractivity contribution in [3.8, 4) is 11.1 Å². The Morgan fingerprint density at radius 1 is 0.808 bits per heavy atom. The van der Waals surface area contributed by atoms with E-state index in [4.69, 9.17) is 0 Å². The summed E-state index contributed by atoms with van der Waals surface area (Å²) in [5, 5.41) is 3.48. The van der Waals surface area contributed by atoms with E-state index < -0.39 is 0 Å². The molecule has 2 nitrogen and oxygen atoms in total. The zero-order chi connectivity index (χ0) is 17.6. The van der Waals surface area contributed by atoms with Gasteiger partial charge >= 0.3 is 0 Å². The summed E-state index contributed by atoms with van der Waals surface area (Å²) in [5.74, 6) is 2.81. The maximum atomic E-state index is 12.7. The van der Waals surface area contributed by atoms with Gasteiger partial charge in [0.1, 0.15) is 0 Å². The van der Waals surface area contributed by atoms with Crippen LogP contribution in [0.4, 0.5) is 0 Å². The van der Waals surface area contributed by atoms with Gasteiger partial charge in [0.2, 0.25) is 5.91 Å². The Labute approximate surface area is 156 Å². The smallest absolute Gasteiger partial charge is 0.224 e. The lowest BCUT2D eigenvalue weighted by atomic mass is 9.53. The van der Waals surface area contributed by atoms with Crippen molar-refractivity contribution < 1.29 is 4.79 Å². The average molecular weight is 345 g/mol. The van der Waals surface area contributed by atoms with Gasteiger partial charge in [-0.3, -0.25) is 4.79 Å². The molecule has 6 rings (SSSR count). The molecule has 2 aromatic rings. The highest BCUT2D eigenvalue weighted by Crippen LogP contribution is 2.55. The van der Waals surface area contributed by atoms with E-state index in [9.17, 15) is 4.79 Å². The number of amides is 1. The number of rotatable bonds is 4. The van der Waals surface area contributed by atoms with Crippen molar-refractivity contribution >= 4 is 5.91 Å². The lowest BCUT2D eigenvalue weighted by molar-refractivity contribution is -0.126. The van der Waals surface area contributed by atoms with Crippen molar-refractivity contribution in [2.24, 2.45) is 17.8 Å². The molecular formula is C24H27NO. The summed E-state index contributed by atoms with van der Waals surface area (Å²) in [5.41, 5.74) is 3.65. The van der Waals surface area contributed by atoms with Gasteiger partial charge in [-0.1, -0.05) is 54.6 Å². The zero-order valence-corrected chi connectivity index (χ0v) is 15.3. The maximum Gasteiger partial charge on any atom is 0.224 e. The number of benzene rings is 2. The largest absolute Gasteiger partial charge is 0.350 e. The number of hydrogen-bond donors (Lipinski definition) is 1. The topological polar surface area (TPSA) is 29.1 Å². The van der Waals surface area contributed by atoms with Gasteiger partial charge < -0.3 is 5.32 Å². The lowest BCUT2D eigenvalue weighted by Gasteiger charge is -2.56. The molecule has 0 radical (unpaired) electrons. The van der Waals surface area contributed by atoms with Crippen LogP contribution in [0.25, 0.3) is 11.1 Å². The van der Waals surface area contributed by atoms with Crippen molar-refractivity contribution in [2.45, 2.75) is 50.5 Å². The molecule has 0 atom stereocenters. The SMILES string of the molecule is O=C(Cc1ccc(-c2ccccc2)cc1)NC12CC3CC(CC(C3)C1)C2. The first-order valence-electron chi connectivity index (χ1n) is 10.1. The molecule has 1 N–H and O–H groups in total. The van der Waals surface area contributed by atoms with Crippen LogP contribution in [0.5, 0.6) is 0 Å².